The van der Waals surface area contributed by atoms with Gasteiger partial charge in [0.15, 0.2) is 0 Å². The molecule has 22 heavy (non-hydrogen) atoms. The van der Waals surface area contributed by atoms with E-state index in [-0.39, 0.29) is 5.56 Å². The summed E-state index contributed by atoms with van der Waals surface area (Å²) in [6.07, 6.45) is 0. The molecule has 2 aromatic carbocycles. The van der Waals surface area contributed by atoms with Crippen molar-refractivity contribution in [1.29, 1.82) is 0 Å². The highest BCUT2D eigenvalue weighted by Crippen LogP contribution is 2.29. The molecule has 4 aromatic rings. The molecular formula is C16H11BrN4O. The van der Waals surface area contributed by atoms with Gasteiger partial charge < -0.3 is 15.7 Å². The van der Waals surface area contributed by atoms with Crippen LogP contribution in [0.3, 0.4) is 0 Å². The van der Waals surface area contributed by atoms with Gasteiger partial charge in [-0.25, -0.2) is 4.98 Å². The Morgan fingerprint density at radius 3 is 2.68 bits per heavy atom. The third kappa shape index (κ3) is 1.92. The summed E-state index contributed by atoms with van der Waals surface area (Å²) in [5.74, 6) is 0.474. The van der Waals surface area contributed by atoms with Gasteiger partial charge in [-0.1, -0.05) is 28.1 Å². The second-order valence-electron chi connectivity index (χ2n) is 5.04. The number of nitrogens with one attached hydrogen (secondary N) is 2. The number of nitrogens with zero attached hydrogens (tertiary/aromatic N) is 1. The fourth-order valence-electron chi connectivity index (χ4n) is 2.60. The number of H-pyrrole nitrogens is 2. The first kappa shape index (κ1) is 13.1. The molecule has 0 aliphatic heterocycles. The molecule has 5 nitrogen and oxygen atoms in total. The van der Waals surface area contributed by atoms with Gasteiger partial charge in [-0.15, -0.1) is 0 Å². The second-order valence-corrected chi connectivity index (χ2v) is 5.95. The van der Waals surface area contributed by atoms with Crippen LogP contribution in [0.15, 0.2) is 51.7 Å². The van der Waals surface area contributed by atoms with Gasteiger partial charge in [-0.2, -0.15) is 0 Å². The summed E-state index contributed by atoms with van der Waals surface area (Å²) in [4.78, 5) is 22.9. The topological polar surface area (TPSA) is 87.6 Å². The lowest BCUT2D eigenvalue weighted by molar-refractivity contribution is 1.25. The van der Waals surface area contributed by atoms with Gasteiger partial charge in [-0.3, -0.25) is 4.79 Å². The number of para-hydroxylation sites is 2. The number of halogens is 1. The van der Waals surface area contributed by atoms with Crippen LogP contribution in [0.1, 0.15) is 0 Å². The first-order chi connectivity index (χ1) is 10.6. The lowest BCUT2D eigenvalue weighted by Gasteiger charge is -2.07. The highest BCUT2D eigenvalue weighted by molar-refractivity contribution is 9.10. The van der Waals surface area contributed by atoms with Crippen molar-refractivity contribution in [2.45, 2.75) is 0 Å². The van der Waals surface area contributed by atoms with E-state index < -0.39 is 0 Å². The predicted octanol–water partition coefficient (Wildman–Crippen LogP) is 3.42. The number of pyridine rings is 1. The molecule has 0 unspecified atom stereocenters. The molecule has 0 bridgehead atoms. The number of hydrogen-bond donors (Lipinski definition) is 3. The molecule has 2 aromatic heterocycles. The van der Waals surface area contributed by atoms with Crippen LogP contribution in [0, 0.1) is 0 Å². The molecular weight excluding hydrogens is 344 g/mol. The summed E-state index contributed by atoms with van der Waals surface area (Å²) in [6.45, 7) is 0. The Morgan fingerprint density at radius 1 is 1.05 bits per heavy atom. The van der Waals surface area contributed by atoms with Crippen molar-refractivity contribution in [3.05, 3.63) is 57.3 Å². The van der Waals surface area contributed by atoms with Crippen LogP contribution in [-0.4, -0.2) is 15.0 Å². The van der Waals surface area contributed by atoms with E-state index in [1.54, 1.807) is 0 Å². The molecule has 0 amide bonds. The van der Waals surface area contributed by atoms with E-state index in [0.29, 0.717) is 22.6 Å². The maximum absolute atomic E-state index is 12.4. The maximum atomic E-state index is 12.4. The average molecular weight is 355 g/mol. The number of rotatable bonds is 1. The number of nitrogen functional groups attached to an aromatic ring is 1. The number of imidazole rings is 1. The summed E-state index contributed by atoms with van der Waals surface area (Å²) in [5, 5.41) is 0.782. The van der Waals surface area contributed by atoms with E-state index in [2.05, 4.69) is 30.9 Å². The average Bonchev–Trinajstić information content (AvgIpc) is 2.91. The van der Waals surface area contributed by atoms with E-state index >= 15 is 0 Å². The molecule has 2 heterocycles. The van der Waals surface area contributed by atoms with Gasteiger partial charge in [0.2, 0.25) is 0 Å². The molecule has 6 heteroatoms. The number of aromatic amines is 2. The van der Waals surface area contributed by atoms with Crippen LogP contribution in [0.25, 0.3) is 33.3 Å². The normalized spacial score (nSPS) is 11.3. The largest absolute Gasteiger partial charge is 0.397 e. The van der Waals surface area contributed by atoms with Crippen molar-refractivity contribution in [2.24, 2.45) is 0 Å². The number of anilines is 1. The van der Waals surface area contributed by atoms with Gasteiger partial charge in [0, 0.05) is 9.86 Å². The van der Waals surface area contributed by atoms with Crippen molar-refractivity contribution >= 4 is 43.6 Å². The van der Waals surface area contributed by atoms with E-state index in [0.717, 1.165) is 20.9 Å². The van der Waals surface area contributed by atoms with Crippen LogP contribution in [0.4, 0.5) is 5.69 Å². The number of benzene rings is 2. The Hall–Kier alpha value is -2.60. The van der Waals surface area contributed by atoms with Crippen LogP contribution in [0.5, 0.6) is 0 Å². The monoisotopic (exact) mass is 354 g/mol. The van der Waals surface area contributed by atoms with E-state index in [1.807, 2.05) is 42.5 Å². The molecule has 108 valence electrons. The quantitative estimate of drug-likeness (QED) is 0.489. The first-order valence-corrected chi connectivity index (χ1v) is 7.49. The third-order valence-corrected chi connectivity index (χ3v) is 4.14. The zero-order valence-electron chi connectivity index (χ0n) is 11.4. The zero-order chi connectivity index (χ0) is 15.3. The standard InChI is InChI=1S/C16H11BrN4O/c17-8-5-6-10-9(7-8)14(18)13(16(22)21-10)15-19-11-3-1-2-4-12(11)20-15/h1-7H,(H,19,20)(H3,18,21,22). The fourth-order valence-corrected chi connectivity index (χ4v) is 2.96. The van der Waals surface area contributed by atoms with Crippen LogP contribution < -0.4 is 11.3 Å². The Kier molecular flexibility index (Phi) is 2.80. The number of hydrogen-bond acceptors (Lipinski definition) is 3. The number of fused-ring (bicyclic) bond motifs is 2. The predicted molar refractivity (Wildman–Crippen MR) is 91.8 cm³/mol. The number of aromatic nitrogens is 3. The van der Waals surface area contributed by atoms with Crippen molar-refractivity contribution in [2.75, 3.05) is 5.73 Å². The Morgan fingerprint density at radius 2 is 1.86 bits per heavy atom. The van der Waals surface area contributed by atoms with Gasteiger partial charge in [-0.05, 0) is 30.3 Å². The molecule has 4 rings (SSSR count). The minimum absolute atomic E-state index is 0.258. The molecule has 0 aliphatic carbocycles. The minimum Gasteiger partial charge on any atom is -0.397 e. The van der Waals surface area contributed by atoms with Crippen molar-refractivity contribution in [3.8, 4) is 11.4 Å². The Labute approximate surface area is 133 Å². The number of nitrogens with two attached hydrogens (primary N) is 1. The van der Waals surface area contributed by atoms with Gasteiger partial charge >= 0.3 is 0 Å². The van der Waals surface area contributed by atoms with Gasteiger partial charge in [0.1, 0.15) is 11.4 Å². The maximum Gasteiger partial charge on any atom is 0.261 e. The van der Waals surface area contributed by atoms with Gasteiger partial charge in [0.05, 0.1) is 22.2 Å². The highest BCUT2D eigenvalue weighted by Gasteiger charge is 2.15. The molecule has 4 N–H and O–H groups in total. The first-order valence-electron chi connectivity index (χ1n) is 6.69. The summed E-state index contributed by atoms with van der Waals surface area (Å²) in [5.41, 5.74) is 9.13. The lowest BCUT2D eigenvalue weighted by atomic mass is 10.1. The minimum atomic E-state index is -0.258. The van der Waals surface area contributed by atoms with E-state index in [4.69, 9.17) is 5.73 Å². The Bertz CT molecular complexity index is 1050. The summed E-state index contributed by atoms with van der Waals surface area (Å²) in [6, 6.07) is 13.2. The molecule has 0 saturated carbocycles. The van der Waals surface area contributed by atoms with Crippen LogP contribution in [0.2, 0.25) is 0 Å². The third-order valence-electron chi connectivity index (χ3n) is 3.64. The zero-order valence-corrected chi connectivity index (χ0v) is 12.9. The van der Waals surface area contributed by atoms with Crippen molar-refractivity contribution in [1.82, 2.24) is 15.0 Å². The summed E-state index contributed by atoms with van der Waals surface area (Å²) >= 11 is 3.42. The van der Waals surface area contributed by atoms with Crippen LogP contribution >= 0.6 is 15.9 Å². The fraction of sp³-hybridized carbons (Fsp3) is 0. The summed E-state index contributed by atoms with van der Waals surface area (Å²) in [7, 11) is 0. The molecule has 0 aliphatic rings. The molecule has 0 atom stereocenters. The van der Waals surface area contributed by atoms with Gasteiger partial charge in [0.25, 0.3) is 5.56 Å². The van der Waals surface area contributed by atoms with Crippen molar-refractivity contribution < 1.29 is 0 Å². The smallest absolute Gasteiger partial charge is 0.261 e. The molecule has 0 fully saturated rings. The second kappa shape index (κ2) is 4.71. The Balaban J connectivity index is 2.07. The van der Waals surface area contributed by atoms with E-state index in [9.17, 15) is 4.79 Å². The van der Waals surface area contributed by atoms with E-state index in [1.165, 1.54) is 0 Å². The van der Waals surface area contributed by atoms with Crippen LogP contribution in [-0.2, 0) is 0 Å². The molecule has 0 saturated heterocycles. The highest BCUT2D eigenvalue weighted by atomic mass is 79.9. The molecule has 0 spiro atoms. The summed E-state index contributed by atoms with van der Waals surface area (Å²) < 4.78 is 0.898. The lowest BCUT2D eigenvalue weighted by Crippen LogP contribution is -2.13. The molecule has 0 radical (unpaired) electrons. The SMILES string of the molecule is Nc1c(-c2nc3ccccc3[nH]2)c(=O)[nH]c2ccc(Br)cc12. The van der Waals surface area contributed by atoms with Crippen molar-refractivity contribution in [3.63, 3.8) is 0 Å².